The number of hydrogen-bond acceptors (Lipinski definition) is 4. The maximum atomic E-state index is 12.6. The second kappa shape index (κ2) is 9.88. The quantitative estimate of drug-likeness (QED) is 0.800. The topological polar surface area (TPSA) is 71.5 Å². The van der Waals surface area contributed by atoms with E-state index in [-0.39, 0.29) is 11.8 Å². The molecule has 2 amide bonds. The number of methoxy groups -OCH3 is 1. The van der Waals surface area contributed by atoms with Crippen LogP contribution in [0, 0.1) is 5.92 Å². The van der Waals surface area contributed by atoms with Gasteiger partial charge in [-0.3, -0.25) is 14.6 Å². The number of nitrogens with zero attached hydrogens (tertiary/aromatic N) is 2. The van der Waals surface area contributed by atoms with Gasteiger partial charge in [0.2, 0.25) is 5.91 Å². The van der Waals surface area contributed by atoms with E-state index in [2.05, 4.69) is 10.3 Å². The van der Waals surface area contributed by atoms with E-state index in [0.717, 1.165) is 37.1 Å². The smallest absolute Gasteiger partial charge is 0.255 e. The summed E-state index contributed by atoms with van der Waals surface area (Å²) in [4.78, 5) is 30.7. The van der Waals surface area contributed by atoms with Crippen LogP contribution in [0.4, 0.5) is 0 Å². The van der Waals surface area contributed by atoms with Gasteiger partial charge in [0.05, 0.1) is 12.7 Å². The zero-order valence-electron chi connectivity index (χ0n) is 16.3. The number of ether oxygens (including phenoxy) is 1. The van der Waals surface area contributed by atoms with Crippen LogP contribution in [0.25, 0.3) is 0 Å². The number of carbonyl (C=O) groups excluding carboxylic acids is 2. The Morgan fingerprint density at radius 1 is 1.29 bits per heavy atom. The minimum atomic E-state index is 0.0280. The molecular weight excluding hydrogens is 354 g/mol. The van der Waals surface area contributed by atoms with Crippen LogP contribution in [-0.2, 0) is 11.3 Å². The summed E-state index contributed by atoms with van der Waals surface area (Å²) in [7, 11) is 1.63. The molecule has 1 aliphatic heterocycles. The number of nitrogens with one attached hydrogen (secondary N) is 1. The Balaban J connectivity index is 1.43. The number of amides is 2. The molecule has 1 aromatic heterocycles. The van der Waals surface area contributed by atoms with Crippen LogP contribution in [-0.4, -0.2) is 41.9 Å². The van der Waals surface area contributed by atoms with Crippen molar-refractivity contribution in [2.24, 2.45) is 5.92 Å². The average Bonchev–Trinajstić information content (AvgIpc) is 2.76. The first-order valence-electron chi connectivity index (χ1n) is 9.74. The SMILES string of the molecule is COc1cccc(CNC(=O)CCC2CCCN(C(=O)c3cccnc3)C2)c1. The Labute approximate surface area is 165 Å². The molecular formula is C22H27N3O3. The molecule has 6 nitrogen and oxygen atoms in total. The number of aromatic nitrogens is 1. The van der Waals surface area contributed by atoms with Gasteiger partial charge in [-0.2, -0.15) is 0 Å². The second-order valence-corrected chi connectivity index (χ2v) is 7.17. The Morgan fingerprint density at radius 2 is 2.18 bits per heavy atom. The van der Waals surface area contributed by atoms with Crippen molar-refractivity contribution < 1.29 is 14.3 Å². The van der Waals surface area contributed by atoms with Crippen LogP contribution in [0.15, 0.2) is 48.8 Å². The van der Waals surface area contributed by atoms with Crippen LogP contribution >= 0.6 is 0 Å². The summed E-state index contributed by atoms with van der Waals surface area (Å²) >= 11 is 0. The lowest BCUT2D eigenvalue weighted by atomic mass is 9.93. The molecule has 1 atom stereocenters. The summed E-state index contributed by atoms with van der Waals surface area (Å²) in [5.41, 5.74) is 1.64. The van der Waals surface area contributed by atoms with E-state index in [0.29, 0.717) is 31.0 Å². The van der Waals surface area contributed by atoms with Gasteiger partial charge in [-0.1, -0.05) is 12.1 Å². The predicted octanol–water partition coefficient (Wildman–Crippen LogP) is 3.04. The minimum absolute atomic E-state index is 0.0280. The molecule has 2 aromatic rings. The van der Waals surface area contributed by atoms with E-state index in [4.69, 9.17) is 4.74 Å². The van der Waals surface area contributed by atoms with Crippen LogP contribution < -0.4 is 10.1 Å². The predicted molar refractivity (Wildman–Crippen MR) is 107 cm³/mol. The lowest BCUT2D eigenvalue weighted by molar-refractivity contribution is -0.121. The van der Waals surface area contributed by atoms with Crippen LogP contribution in [0.5, 0.6) is 5.75 Å². The lowest BCUT2D eigenvalue weighted by Crippen LogP contribution is -2.40. The average molecular weight is 381 g/mol. The van der Waals surface area contributed by atoms with Crippen molar-refractivity contribution in [3.63, 3.8) is 0 Å². The molecule has 3 rings (SSSR count). The van der Waals surface area contributed by atoms with Gasteiger partial charge in [-0.15, -0.1) is 0 Å². The summed E-state index contributed by atoms with van der Waals surface area (Å²) in [6.07, 6.45) is 6.57. The third kappa shape index (κ3) is 5.55. The van der Waals surface area contributed by atoms with E-state index in [1.807, 2.05) is 29.2 Å². The zero-order valence-corrected chi connectivity index (χ0v) is 16.3. The van der Waals surface area contributed by atoms with Crippen molar-refractivity contribution in [2.45, 2.75) is 32.2 Å². The normalized spacial score (nSPS) is 16.5. The molecule has 1 aliphatic rings. The van der Waals surface area contributed by atoms with Crippen LogP contribution in [0.2, 0.25) is 0 Å². The fourth-order valence-corrected chi connectivity index (χ4v) is 3.56. The number of pyridine rings is 1. The van der Waals surface area contributed by atoms with Gasteiger partial charge >= 0.3 is 0 Å². The third-order valence-electron chi connectivity index (χ3n) is 5.12. The molecule has 1 saturated heterocycles. The highest BCUT2D eigenvalue weighted by molar-refractivity contribution is 5.93. The van der Waals surface area contributed by atoms with Gasteiger partial charge in [0.15, 0.2) is 0 Å². The highest BCUT2D eigenvalue weighted by Gasteiger charge is 2.24. The number of carbonyl (C=O) groups is 2. The van der Waals surface area contributed by atoms with Crippen molar-refractivity contribution in [3.8, 4) is 5.75 Å². The molecule has 1 fully saturated rings. The summed E-state index contributed by atoms with van der Waals surface area (Å²) in [5, 5.41) is 2.97. The summed E-state index contributed by atoms with van der Waals surface area (Å²) in [5.74, 6) is 1.21. The summed E-state index contributed by atoms with van der Waals surface area (Å²) < 4.78 is 5.20. The minimum Gasteiger partial charge on any atom is -0.497 e. The zero-order chi connectivity index (χ0) is 19.8. The van der Waals surface area contributed by atoms with Gasteiger partial charge < -0.3 is 15.0 Å². The van der Waals surface area contributed by atoms with E-state index < -0.39 is 0 Å². The molecule has 0 spiro atoms. The molecule has 0 radical (unpaired) electrons. The van der Waals surface area contributed by atoms with Crippen molar-refractivity contribution in [1.29, 1.82) is 0 Å². The molecule has 1 aromatic carbocycles. The van der Waals surface area contributed by atoms with Crippen molar-refractivity contribution in [2.75, 3.05) is 20.2 Å². The van der Waals surface area contributed by atoms with Gasteiger partial charge in [0.25, 0.3) is 5.91 Å². The second-order valence-electron chi connectivity index (χ2n) is 7.17. The van der Waals surface area contributed by atoms with E-state index in [1.54, 1.807) is 31.6 Å². The third-order valence-corrected chi connectivity index (χ3v) is 5.12. The van der Waals surface area contributed by atoms with Crippen LogP contribution in [0.3, 0.4) is 0 Å². The molecule has 0 bridgehead atoms. The van der Waals surface area contributed by atoms with Gasteiger partial charge in [-0.25, -0.2) is 0 Å². The van der Waals surface area contributed by atoms with E-state index >= 15 is 0 Å². The number of hydrogen-bond donors (Lipinski definition) is 1. The summed E-state index contributed by atoms with van der Waals surface area (Å²) in [6.45, 7) is 1.97. The Kier molecular flexibility index (Phi) is 7.00. The van der Waals surface area contributed by atoms with Crippen LogP contribution in [0.1, 0.15) is 41.6 Å². The molecule has 6 heteroatoms. The maximum absolute atomic E-state index is 12.6. The number of rotatable bonds is 7. The molecule has 2 heterocycles. The summed E-state index contributed by atoms with van der Waals surface area (Å²) in [6, 6.07) is 11.3. The number of benzene rings is 1. The van der Waals surface area contributed by atoms with Crippen molar-refractivity contribution in [3.05, 3.63) is 59.9 Å². The Bertz CT molecular complexity index is 795. The number of piperidine rings is 1. The fraction of sp³-hybridized carbons (Fsp3) is 0.409. The molecule has 0 aliphatic carbocycles. The molecule has 1 unspecified atom stereocenters. The first-order chi connectivity index (χ1) is 13.7. The highest BCUT2D eigenvalue weighted by Crippen LogP contribution is 2.22. The highest BCUT2D eigenvalue weighted by atomic mass is 16.5. The Hall–Kier alpha value is -2.89. The first-order valence-corrected chi connectivity index (χ1v) is 9.74. The molecule has 28 heavy (non-hydrogen) atoms. The molecule has 1 N–H and O–H groups in total. The fourth-order valence-electron chi connectivity index (χ4n) is 3.56. The van der Waals surface area contributed by atoms with Crippen molar-refractivity contribution in [1.82, 2.24) is 15.2 Å². The Morgan fingerprint density at radius 3 is 2.96 bits per heavy atom. The molecule has 148 valence electrons. The van der Waals surface area contributed by atoms with Gasteiger partial charge in [-0.05, 0) is 55.0 Å². The van der Waals surface area contributed by atoms with E-state index in [9.17, 15) is 9.59 Å². The standard InChI is InChI=1S/C22H27N3O3/c1-28-20-8-2-5-18(13-20)14-24-21(26)10-9-17-6-4-12-25(16-17)22(27)19-7-3-11-23-15-19/h2-3,5,7-8,11,13,15,17H,4,6,9-10,12,14,16H2,1H3,(H,24,26). The van der Waals surface area contributed by atoms with E-state index in [1.165, 1.54) is 0 Å². The van der Waals surface area contributed by atoms with Crippen molar-refractivity contribution >= 4 is 11.8 Å². The largest absolute Gasteiger partial charge is 0.497 e. The first kappa shape index (κ1) is 19.9. The van der Waals surface area contributed by atoms with Gasteiger partial charge in [0, 0.05) is 38.4 Å². The number of likely N-dealkylation sites (tertiary alicyclic amines) is 1. The molecule has 0 saturated carbocycles. The van der Waals surface area contributed by atoms with Gasteiger partial charge in [0.1, 0.15) is 5.75 Å². The monoisotopic (exact) mass is 381 g/mol. The maximum Gasteiger partial charge on any atom is 0.255 e. The lowest BCUT2D eigenvalue weighted by Gasteiger charge is -2.32.